The van der Waals surface area contributed by atoms with E-state index in [9.17, 15) is 9.59 Å². The Kier molecular flexibility index (Phi) is 1.36. The van der Waals surface area contributed by atoms with E-state index in [1.165, 1.54) is 12.5 Å². The van der Waals surface area contributed by atoms with Crippen molar-refractivity contribution in [2.45, 2.75) is 6.42 Å². The Balaban J connectivity index is 2.35. The highest BCUT2D eigenvalue weighted by Crippen LogP contribution is 2.17. The van der Waals surface area contributed by atoms with Gasteiger partial charge in [-0.25, -0.2) is 5.48 Å². The summed E-state index contributed by atoms with van der Waals surface area (Å²) in [5.74, 6) is -0.501. The molecule has 0 aromatic carbocycles. The summed E-state index contributed by atoms with van der Waals surface area (Å²) < 4.78 is 0. The van der Waals surface area contributed by atoms with Crippen LogP contribution < -0.4 is 10.8 Å². The number of hydrogen-bond acceptors (Lipinski definition) is 4. The lowest BCUT2D eigenvalue weighted by molar-refractivity contribution is -0.127. The Morgan fingerprint density at radius 2 is 2.25 bits per heavy atom. The highest BCUT2D eigenvalue weighted by Gasteiger charge is 2.27. The zero-order valence-corrected chi connectivity index (χ0v) is 6.09. The van der Waals surface area contributed by atoms with Gasteiger partial charge in [0.15, 0.2) is 5.78 Å². The third-order valence-corrected chi connectivity index (χ3v) is 1.63. The zero-order valence-electron chi connectivity index (χ0n) is 6.09. The summed E-state index contributed by atoms with van der Waals surface area (Å²) in [4.78, 5) is 26.7. The zero-order chi connectivity index (χ0) is 8.55. The van der Waals surface area contributed by atoms with Crippen molar-refractivity contribution in [2.75, 3.05) is 0 Å². The fraction of sp³-hybridized carbons (Fsp3) is 0.143. The van der Waals surface area contributed by atoms with E-state index < -0.39 is 0 Å². The SMILES string of the molecule is O=C1CC(=O)C2=CONC=C2N1. The minimum Gasteiger partial charge on any atom is -0.390 e. The molecule has 1 saturated heterocycles. The van der Waals surface area contributed by atoms with Crippen LogP contribution in [0.3, 0.4) is 0 Å². The van der Waals surface area contributed by atoms with E-state index in [1.54, 1.807) is 0 Å². The maximum atomic E-state index is 11.2. The number of amides is 1. The molecule has 12 heavy (non-hydrogen) atoms. The Hall–Kier alpha value is -1.78. The number of ketones is 1. The van der Waals surface area contributed by atoms with Crippen molar-refractivity contribution < 1.29 is 14.4 Å². The predicted molar refractivity (Wildman–Crippen MR) is 38.2 cm³/mol. The van der Waals surface area contributed by atoms with E-state index in [0.29, 0.717) is 11.3 Å². The van der Waals surface area contributed by atoms with Gasteiger partial charge in [-0.15, -0.1) is 0 Å². The van der Waals surface area contributed by atoms with Gasteiger partial charge in [-0.3, -0.25) is 9.59 Å². The molecule has 0 atom stereocenters. The third-order valence-electron chi connectivity index (χ3n) is 1.63. The van der Waals surface area contributed by atoms with Crippen LogP contribution in [-0.4, -0.2) is 11.7 Å². The number of allylic oxidation sites excluding steroid dienone is 1. The molecule has 0 saturated carbocycles. The highest BCUT2D eigenvalue weighted by atomic mass is 16.6. The van der Waals surface area contributed by atoms with Gasteiger partial charge in [0.1, 0.15) is 6.26 Å². The van der Waals surface area contributed by atoms with Gasteiger partial charge >= 0.3 is 0 Å². The quantitative estimate of drug-likeness (QED) is 0.468. The largest absolute Gasteiger partial charge is 0.390 e. The number of carbonyl (C=O) groups is 2. The maximum Gasteiger partial charge on any atom is 0.232 e. The van der Waals surface area contributed by atoms with Crippen LogP contribution in [0, 0.1) is 0 Å². The van der Waals surface area contributed by atoms with E-state index in [4.69, 9.17) is 0 Å². The molecular weight excluding hydrogens is 160 g/mol. The molecule has 5 heteroatoms. The van der Waals surface area contributed by atoms with Gasteiger partial charge in [0.25, 0.3) is 0 Å². The minimum absolute atomic E-state index is 0.105. The van der Waals surface area contributed by atoms with Crippen LogP contribution in [0.5, 0.6) is 0 Å². The van der Waals surface area contributed by atoms with E-state index in [2.05, 4.69) is 15.6 Å². The number of hydrogen-bond donors (Lipinski definition) is 2. The molecular formula is C7H6N2O3. The number of carbonyl (C=O) groups excluding carboxylic acids is 2. The normalized spacial score (nSPS) is 21.0. The molecule has 2 aliphatic heterocycles. The van der Waals surface area contributed by atoms with Crippen molar-refractivity contribution in [3.63, 3.8) is 0 Å². The first-order valence-corrected chi connectivity index (χ1v) is 3.42. The molecule has 2 heterocycles. The molecule has 1 amide bonds. The van der Waals surface area contributed by atoms with Crippen molar-refractivity contribution in [3.8, 4) is 0 Å². The van der Waals surface area contributed by atoms with Crippen LogP contribution in [0.25, 0.3) is 0 Å². The second kappa shape index (κ2) is 2.37. The summed E-state index contributed by atoms with van der Waals surface area (Å²) in [5.41, 5.74) is 3.30. The monoisotopic (exact) mass is 166 g/mol. The van der Waals surface area contributed by atoms with Crippen molar-refractivity contribution in [1.82, 2.24) is 10.8 Å². The van der Waals surface area contributed by atoms with Crippen LogP contribution in [-0.2, 0) is 14.4 Å². The molecule has 1 fully saturated rings. The molecule has 0 aliphatic carbocycles. The third kappa shape index (κ3) is 0.952. The van der Waals surface area contributed by atoms with Gasteiger partial charge in [0, 0.05) is 0 Å². The molecule has 0 bridgehead atoms. The summed E-state index contributed by atoms with van der Waals surface area (Å²) >= 11 is 0. The Labute approximate surface area is 68.0 Å². The van der Waals surface area contributed by atoms with E-state index in [1.807, 2.05) is 0 Å². The molecule has 0 radical (unpaired) electrons. The van der Waals surface area contributed by atoms with Gasteiger partial charge in [0.05, 0.1) is 23.9 Å². The lowest BCUT2D eigenvalue weighted by atomic mass is 10.0. The predicted octanol–water partition coefficient (Wildman–Crippen LogP) is -0.665. The number of hydroxylamine groups is 1. The van der Waals surface area contributed by atoms with E-state index in [-0.39, 0.29) is 18.1 Å². The van der Waals surface area contributed by atoms with Crippen LogP contribution in [0.2, 0.25) is 0 Å². The number of fused-ring (bicyclic) bond motifs is 1. The van der Waals surface area contributed by atoms with Crippen molar-refractivity contribution in [3.05, 3.63) is 23.7 Å². The number of nitrogens with one attached hydrogen (secondary N) is 2. The average Bonchev–Trinajstić information content (AvgIpc) is 2.04. The standard InChI is InChI=1S/C7H6N2O3/c10-6-1-7(11)9-5-2-8-12-3-4(5)6/h2-3,8H,1H2,(H,9,11). The van der Waals surface area contributed by atoms with Crippen molar-refractivity contribution in [1.29, 1.82) is 0 Å². The van der Waals surface area contributed by atoms with Gasteiger partial charge in [-0.05, 0) is 0 Å². The van der Waals surface area contributed by atoms with Gasteiger partial charge in [-0.1, -0.05) is 0 Å². The number of Topliss-reactive ketones (excluding diaryl/α,β-unsaturated/α-hetero) is 1. The number of rotatable bonds is 0. The topological polar surface area (TPSA) is 67.4 Å². The Morgan fingerprint density at radius 1 is 1.42 bits per heavy atom. The van der Waals surface area contributed by atoms with E-state index in [0.717, 1.165) is 0 Å². The first kappa shape index (κ1) is 6.90. The second-order valence-corrected chi connectivity index (χ2v) is 2.47. The van der Waals surface area contributed by atoms with Crippen LogP contribution in [0.4, 0.5) is 0 Å². The van der Waals surface area contributed by atoms with Crippen molar-refractivity contribution in [2.24, 2.45) is 0 Å². The second-order valence-electron chi connectivity index (χ2n) is 2.47. The summed E-state index contributed by atoms with van der Waals surface area (Å²) in [5, 5.41) is 2.54. The van der Waals surface area contributed by atoms with E-state index >= 15 is 0 Å². The molecule has 2 N–H and O–H groups in total. The molecule has 2 rings (SSSR count). The summed E-state index contributed by atoms with van der Waals surface area (Å²) in [6.45, 7) is 0. The lowest BCUT2D eigenvalue weighted by Crippen LogP contribution is -2.36. The first-order chi connectivity index (χ1) is 5.77. The van der Waals surface area contributed by atoms with Gasteiger partial charge < -0.3 is 10.2 Å². The first-order valence-electron chi connectivity index (χ1n) is 3.42. The maximum absolute atomic E-state index is 11.2. The summed E-state index contributed by atoms with van der Waals surface area (Å²) in [6.07, 6.45) is 2.62. The molecule has 5 nitrogen and oxygen atoms in total. The fourth-order valence-electron chi connectivity index (χ4n) is 1.08. The van der Waals surface area contributed by atoms with Gasteiger partial charge in [0.2, 0.25) is 5.91 Å². The average molecular weight is 166 g/mol. The van der Waals surface area contributed by atoms with Crippen LogP contribution in [0.15, 0.2) is 23.7 Å². The summed E-state index contributed by atoms with van der Waals surface area (Å²) in [7, 11) is 0. The summed E-state index contributed by atoms with van der Waals surface area (Å²) in [6, 6.07) is 0. The number of piperidine rings is 1. The van der Waals surface area contributed by atoms with Crippen LogP contribution >= 0.6 is 0 Å². The Bertz CT molecular complexity index is 317. The fourth-order valence-corrected chi connectivity index (χ4v) is 1.08. The molecule has 0 aromatic heterocycles. The lowest BCUT2D eigenvalue weighted by Gasteiger charge is -2.20. The molecule has 2 aliphatic rings. The molecule has 0 unspecified atom stereocenters. The van der Waals surface area contributed by atoms with Crippen molar-refractivity contribution >= 4 is 11.7 Å². The smallest absolute Gasteiger partial charge is 0.232 e. The van der Waals surface area contributed by atoms with Crippen LogP contribution in [0.1, 0.15) is 6.42 Å². The van der Waals surface area contributed by atoms with Gasteiger partial charge in [-0.2, -0.15) is 0 Å². The minimum atomic E-state index is -0.285. The molecule has 0 spiro atoms. The molecule has 0 aromatic rings. The highest BCUT2D eigenvalue weighted by molar-refractivity contribution is 6.13. The Morgan fingerprint density at radius 3 is 3.08 bits per heavy atom. The molecule has 62 valence electrons.